The second-order valence-electron chi connectivity index (χ2n) is 5.74. The Morgan fingerprint density at radius 1 is 1.17 bits per heavy atom. The molecule has 18 heavy (non-hydrogen) atoms. The van der Waals surface area contributed by atoms with Crippen molar-refractivity contribution < 1.29 is 13.6 Å². The lowest BCUT2D eigenvalue weighted by atomic mass is 9.77. The van der Waals surface area contributed by atoms with Gasteiger partial charge in [-0.15, -0.1) is 0 Å². The molecule has 4 heteroatoms. The third-order valence-corrected chi connectivity index (χ3v) is 6.93. The molecule has 1 rings (SSSR count). The summed E-state index contributed by atoms with van der Waals surface area (Å²) in [5.41, 5.74) is 0.0820. The van der Waals surface area contributed by atoms with Gasteiger partial charge < -0.3 is 9.05 Å². The molecule has 1 aliphatic carbocycles. The van der Waals surface area contributed by atoms with Crippen molar-refractivity contribution in [1.82, 2.24) is 0 Å². The number of hydrogen-bond acceptors (Lipinski definition) is 3. The maximum absolute atomic E-state index is 12.9. The van der Waals surface area contributed by atoms with E-state index in [0.29, 0.717) is 31.0 Å². The van der Waals surface area contributed by atoms with Crippen molar-refractivity contribution in [3.8, 4) is 0 Å². The molecule has 108 valence electrons. The van der Waals surface area contributed by atoms with Crippen molar-refractivity contribution in [2.45, 2.75) is 59.5 Å². The van der Waals surface area contributed by atoms with E-state index in [1.54, 1.807) is 0 Å². The molecule has 0 aromatic carbocycles. The molecule has 3 atom stereocenters. The van der Waals surface area contributed by atoms with E-state index in [1.165, 1.54) is 6.42 Å². The Morgan fingerprint density at radius 3 is 2.17 bits per heavy atom. The van der Waals surface area contributed by atoms with E-state index in [0.717, 1.165) is 12.8 Å². The van der Waals surface area contributed by atoms with Crippen molar-refractivity contribution in [1.29, 1.82) is 0 Å². The lowest BCUT2D eigenvalue weighted by molar-refractivity contribution is 0.170. The fourth-order valence-corrected chi connectivity index (χ4v) is 5.44. The first kappa shape index (κ1) is 16.2. The molecule has 0 radical (unpaired) electrons. The van der Waals surface area contributed by atoms with E-state index in [9.17, 15) is 4.57 Å². The zero-order valence-corrected chi connectivity index (χ0v) is 13.4. The summed E-state index contributed by atoms with van der Waals surface area (Å²) in [7, 11) is -2.93. The molecule has 0 bridgehead atoms. The summed E-state index contributed by atoms with van der Waals surface area (Å²) in [6.07, 6.45) is 3.36. The maximum atomic E-state index is 12.9. The van der Waals surface area contributed by atoms with Gasteiger partial charge in [-0.05, 0) is 50.9 Å². The van der Waals surface area contributed by atoms with Gasteiger partial charge in [0, 0.05) is 0 Å². The Kier molecular flexibility index (Phi) is 6.37. The molecule has 1 fully saturated rings. The van der Waals surface area contributed by atoms with Gasteiger partial charge in [0.2, 0.25) is 0 Å². The number of rotatable bonds is 6. The Hall–Kier alpha value is 0.150. The van der Waals surface area contributed by atoms with Crippen LogP contribution in [0, 0.1) is 17.8 Å². The predicted octanol–water partition coefficient (Wildman–Crippen LogP) is 4.71. The van der Waals surface area contributed by atoms with Crippen LogP contribution >= 0.6 is 7.60 Å². The normalized spacial score (nSPS) is 29.8. The first-order valence-electron chi connectivity index (χ1n) is 7.33. The summed E-state index contributed by atoms with van der Waals surface area (Å²) in [5, 5.41) is 0. The Bertz CT molecular complexity index is 281. The van der Waals surface area contributed by atoms with E-state index >= 15 is 0 Å². The van der Waals surface area contributed by atoms with Crippen molar-refractivity contribution >= 4 is 7.60 Å². The molecule has 0 saturated heterocycles. The fourth-order valence-electron chi connectivity index (χ4n) is 2.96. The zero-order valence-electron chi connectivity index (χ0n) is 12.5. The molecule has 0 amide bonds. The summed E-state index contributed by atoms with van der Waals surface area (Å²) < 4.78 is 24.0. The van der Waals surface area contributed by atoms with Crippen LogP contribution in [-0.4, -0.2) is 18.9 Å². The van der Waals surface area contributed by atoms with Gasteiger partial charge in [0.1, 0.15) is 0 Å². The first-order valence-corrected chi connectivity index (χ1v) is 8.94. The minimum Gasteiger partial charge on any atom is -0.309 e. The SMILES string of the molecule is CCOP(=O)(OCC)[C@H]1C[C@H](C(C)C)CC[C@@H]1C. The van der Waals surface area contributed by atoms with Gasteiger partial charge in [-0.3, -0.25) is 4.57 Å². The molecule has 0 aromatic rings. The zero-order chi connectivity index (χ0) is 13.8. The molecular formula is C14H29O3P. The molecule has 1 saturated carbocycles. The quantitative estimate of drug-likeness (QED) is 0.659. The second-order valence-corrected chi connectivity index (χ2v) is 8.00. The van der Waals surface area contributed by atoms with Crippen LogP contribution in [0.4, 0.5) is 0 Å². The second kappa shape index (κ2) is 7.07. The monoisotopic (exact) mass is 276 g/mol. The highest BCUT2D eigenvalue weighted by Gasteiger charge is 2.43. The highest BCUT2D eigenvalue weighted by molar-refractivity contribution is 7.54. The van der Waals surface area contributed by atoms with Gasteiger partial charge in [-0.25, -0.2) is 0 Å². The predicted molar refractivity (Wildman–Crippen MR) is 76.0 cm³/mol. The van der Waals surface area contributed by atoms with Gasteiger partial charge in [-0.2, -0.15) is 0 Å². The van der Waals surface area contributed by atoms with Crippen LogP contribution in [-0.2, 0) is 13.6 Å². The van der Waals surface area contributed by atoms with Gasteiger partial charge in [0.05, 0.1) is 18.9 Å². The molecule has 1 aliphatic rings. The summed E-state index contributed by atoms with van der Waals surface area (Å²) in [5.74, 6) is 1.74. The Labute approximate surface area is 112 Å². The molecule has 0 heterocycles. The van der Waals surface area contributed by atoms with Crippen LogP contribution in [0.5, 0.6) is 0 Å². The van der Waals surface area contributed by atoms with Crippen molar-refractivity contribution in [3.05, 3.63) is 0 Å². The molecule has 0 N–H and O–H groups in total. The Balaban J connectivity index is 2.83. The molecule has 3 nitrogen and oxygen atoms in total. The van der Waals surface area contributed by atoms with E-state index in [2.05, 4.69) is 20.8 Å². The third-order valence-electron chi connectivity index (χ3n) is 4.16. The Morgan fingerprint density at radius 2 is 1.72 bits per heavy atom. The van der Waals surface area contributed by atoms with Crippen LogP contribution in [0.2, 0.25) is 0 Å². The first-order chi connectivity index (χ1) is 8.44. The lowest BCUT2D eigenvalue weighted by Crippen LogP contribution is -2.31. The smallest absolute Gasteiger partial charge is 0.309 e. The lowest BCUT2D eigenvalue weighted by Gasteiger charge is -2.39. The molecule has 0 unspecified atom stereocenters. The summed E-state index contributed by atoms with van der Waals surface area (Å²) in [6.45, 7) is 11.4. The van der Waals surface area contributed by atoms with Crippen LogP contribution in [0.1, 0.15) is 53.9 Å². The average Bonchev–Trinajstić information content (AvgIpc) is 2.29. The van der Waals surface area contributed by atoms with Crippen molar-refractivity contribution in [2.24, 2.45) is 17.8 Å². The summed E-state index contributed by atoms with van der Waals surface area (Å²) in [6, 6.07) is 0. The van der Waals surface area contributed by atoms with E-state index in [4.69, 9.17) is 9.05 Å². The van der Waals surface area contributed by atoms with Crippen LogP contribution in [0.3, 0.4) is 0 Å². The highest BCUT2D eigenvalue weighted by atomic mass is 31.2. The van der Waals surface area contributed by atoms with Gasteiger partial charge in [0.15, 0.2) is 0 Å². The molecule has 0 spiro atoms. The van der Waals surface area contributed by atoms with Crippen molar-refractivity contribution in [2.75, 3.05) is 13.2 Å². The molecular weight excluding hydrogens is 247 g/mol. The van der Waals surface area contributed by atoms with Crippen LogP contribution in [0.15, 0.2) is 0 Å². The maximum Gasteiger partial charge on any atom is 0.333 e. The summed E-state index contributed by atoms with van der Waals surface area (Å²) >= 11 is 0. The van der Waals surface area contributed by atoms with E-state index in [1.807, 2.05) is 13.8 Å². The molecule has 0 aliphatic heterocycles. The average molecular weight is 276 g/mol. The van der Waals surface area contributed by atoms with Crippen LogP contribution < -0.4 is 0 Å². The molecule has 0 aromatic heterocycles. The third kappa shape index (κ3) is 3.82. The standard InChI is InChI=1S/C14H29O3P/c1-6-16-18(15,17-7-2)14-10-13(11(3)4)9-8-12(14)5/h11-14H,6-10H2,1-5H3/t12-,13+,14-/m0/s1. The minimum atomic E-state index is -2.93. The topological polar surface area (TPSA) is 35.5 Å². The van der Waals surface area contributed by atoms with Gasteiger partial charge in [0.25, 0.3) is 0 Å². The largest absolute Gasteiger partial charge is 0.333 e. The van der Waals surface area contributed by atoms with Crippen LogP contribution in [0.25, 0.3) is 0 Å². The summed E-state index contributed by atoms with van der Waals surface area (Å²) in [4.78, 5) is 0. The fraction of sp³-hybridized carbons (Fsp3) is 1.00. The highest BCUT2D eigenvalue weighted by Crippen LogP contribution is 2.60. The van der Waals surface area contributed by atoms with E-state index < -0.39 is 7.60 Å². The van der Waals surface area contributed by atoms with Gasteiger partial charge in [-0.1, -0.05) is 20.8 Å². The minimum absolute atomic E-state index is 0.0820. The van der Waals surface area contributed by atoms with Crippen molar-refractivity contribution in [3.63, 3.8) is 0 Å². The van der Waals surface area contributed by atoms with Gasteiger partial charge >= 0.3 is 7.60 Å². The number of hydrogen-bond donors (Lipinski definition) is 0. The van der Waals surface area contributed by atoms with E-state index in [-0.39, 0.29) is 5.66 Å².